The van der Waals surface area contributed by atoms with Crippen molar-refractivity contribution < 1.29 is 4.74 Å². The second-order valence-corrected chi connectivity index (χ2v) is 5.29. The SMILES string of the molecule is CCC(CCN)c1cc(C(C)C)c(OC)cc1C. The molecular formula is C16H27NO. The molecular weight excluding hydrogens is 222 g/mol. The molecule has 102 valence electrons. The smallest absolute Gasteiger partial charge is 0.122 e. The Morgan fingerprint density at radius 1 is 1.22 bits per heavy atom. The van der Waals surface area contributed by atoms with E-state index in [0.29, 0.717) is 11.8 Å². The van der Waals surface area contributed by atoms with Crippen LogP contribution in [0, 0.1) is 6.92 Å². The lowest BCUT2D eigenvalue weighted by atomic mass is 9.86. The minimum absolute atomic E-state index is 0.481. The number of methoxy groups -OCH3 is 1. The molecule has 0 aliphatic carbocycles. The minimum atomic E-state index is 0.481. The van der Waals surface area contributed by atoms with Crippen LogP contribution in [0.4, 0.5) is 0 Å². The first-order valence-corrected chi connectivity index (χ1v) is 6.93. The molecule has 1 rings (SSSR count). The van der Waals surface area contributed by atoms with Crippen molar-refractivity contribution in [3.8, 4) is 5.75 Å². The Morgan fingerprint density at radius 3 is 2.33 bits per heavy atom. The number of benzene rings is 1. The highest BCUT2D eigenvalue weighted by molar-refractivity contribution is 5.45. The van der Waals surface area contributed by atoms with Crippen molar-refractivity contribution in [3.05, 3.63) is 28.8 Å². The lowest BCUT2D eigenvalue weighted by Crippen LogP contribution is -2.09. The van der Waals surface area contributed by atoms with Crippen LogP contribution in [-0.2, 0) is 0 Å². The normalized spacial score (nSPS) is 12.8. The van der Waals surface area contributed by atoms with Gasteiger partial charge in [-0.2, -0.15) is 0 Å². The molecule has 2 heteroatoms. The Hall–Kier alpha value is -1.02. The zero-order valence-corrected chi connectivity index (χ0v) is 12.4. The molecule has 0 aliphatic rings. The Bertz CT molecular complexity index is 385. The van der Waals surface area contributed by atoms with Crippen LogP contribution < -0.4 is 10.5 Å². The van der Waals surface area contributed by atoms with Gasteiger partial charge in [0.2, 0.25) is 0 Å². The van der Waals surface area contributed by atoms with Gasteiger partial charge < -0.3 is 10.5 Å². The standard InChI is InChI=1S/C16H27NO/c1-6-13(7-8-17)15-10-14(11(2)3)16(18-5)9-12(15)4/h9-11,13H,6-8,17H2,1-5H3. The van der Waals surface area contributed by atoms with Crippen LogP contribution in [0.2, 0.25) is 0 Å². The fourth-order valence-corrected chi connectivity index (χ4v) is 2.56. The summed E-state index contributed by atoms with van der Waals surface area (Å²) in [4.78, 5) is 0. The van der Waals surface area contributed by atoms with E-state index in [1.54, 1.807) is 7.11 Å². The Balaban J connectivity index is 3.23. The summed E-state index contributed by atoms with van der Waals surface area (Å²) in [6, 6.07) is 4.49. The van der Waals surface area contributed by atoms with Crippen molar-refractivity contribution in [2.24, 2.45) is 5.73 Å². The second-order valence-electron chi connectivity index (χ2n) is 5.29. The topological polar surface area (TPSA) is 35.2 Å². The van der Waals surface area contributed by atoms with E-state index in [1.165, 1.54) is 16.7 Å². The van der Waals surface area contributed by atoms with E-state index < -0.39 is 0 Å². The van der Waals surface area contributed by atoms with Gasteiger partial charge in [-0.1, -0.05) is 26.8 Å². The molecule has 0 spiro atoms. The van der Waals surface area contributed by atoms with Gasteiger partial charge >= 0.3 is 0 Å². The van der Waals surface area contributed by atoms with Crippen LogP contribution in [0.25, 0.3) is 0 Å². The maximum Gasteiger partial charge on any atom is 0.122 e. The van der Waals surface area contributed by atoms with Gasteiger partial charge in [-0.25, -0.2) is 0 Å². The number of ether oxygens (including phenoxy) is 1. The van der Waals surface area contributed by atoms with Crippen molar-refractivity contribution in [1.82, 2.24) is 0 Å². The van der Waals surface area contributed by atoms with Crippen LogP contribution in [0.1, 0.15) is 62.1 Å². The molecule has 2 nitrogen and oxygen atoms in total. The number of rotatable bonds is 6. The van der Waals surface area contributed by atoms with Crippen molar-refractivity contribution >= 4 is 0 Å². The molecule has 1 atom stereocenters. The average Bonchev–Trinajstić information content (AvgIpc) is 2.35. The third kappa shape index (κ3) is 3.26. The van der Waals surface area contributed by atoms with Gasteiger partial charge in [-0.05, 0) is 60.9 Å². The van der Waals surface area contributed by atoms with Gasteiger partial charge in [0.1, 0.15) is 5.75 Å². The first-order valence-electron chi connectivity index (χ1n) is 6.93. The second kappa shape index (κ2) is 6.79. The summed E-state index contributed by atoms with van der Waals surface area (Å²) in [5.74, 6) is 2.06. The molecule has 0 saturated heterocycles. The first-order chi connectivity index (χ1) is 8.54. The van der Waals surface area contributed by atoms with Crippen LogP contribution in [0.5, 0.6) is 5.75 Å². The lowest BCUT2D eigenvalue weighted by molar-refractivity contribution is 0.406. The highest BCUT2D eigenvalue weighted by Crippen LogP contribution is 2.34. The minimum Gasteiger partial charge on any atom is -0.496 e. The number of aryl methyl sites for hydroxylation is 1. The quantitative estimate of drug-likeness (QED) is 0.828. The molecule has 0 aliphatic heterocycles. The van der Waals surface area contributed by atoms with Gasteiger partial charge in [-0.3, -0.25) is 0 Å². The van der Waals surface area contributed by atoms with E-state index in [2.05, 4.69) is 39.8 Å². The summed E-state index contributed by atoms with van der Waals surface area (Å²) in [5, 5.41) is 0. The number of hydrogen-bond donors (Lipinski definition) is 1. The largest absolute Gasteiger partial charge is 0.496 e. The van der Waals surface area contributed by atoms with E-state index in [-0.39, 0.29) is 0 Å². The average molecular weight is 249 g/mol. The molecule has 18 heavy (non-hydrogen) atoms. The van der Waals surface area contributed by atoms with E-state index in [9.17, 15) is 0 Å². The Morgan fingerprint density at radius 2 is 1.89 bits per heavy atom. The molecule has 0 amide bonds. The highest BCUT2D eigenvalue weighted by atomic mass is 16.5. The van der Waals surface area contributed by atoms with Crippen molar-refractivity contribution in [3.63, 3.8) is 0 Å². The summed E-state index contributed by atoms with van der Waals surface area (Å²) in [6.45, 7) is 9.57. The maximum atomic E-state index is 5.72. The number of nitrogens with two attached hydrogens (primary N) is 1. The van der Waals surface area contributed by atoms with Crippen LogP contribution >= 0.6 is 0 Å². The molecule has 0 fully saturated rings. The molecule has 0 bridgehead atoms. The molecule has 0 heterocycles. The predicted octanol–water partition coefficient (Wildman–Crippen LogP) is 3.97. The molecule has 2 N–H and O–H groups in total. The van der Waals surface area contributed by atoms with Crippen LogP contribution in [-0.4, -0.2) is 13.7 Å². The van der Waals surface area contributed by atoms with Crippen molar-refractivity contribution in [2.45, 2.75) is 52.4 Å². The highest BCUT2D eigenvalue weighted by Gasteiger charge is 2.16. The van der Waals surface area contributed by atoms with Crippen molar-refractivity contribution in [1.29, 1.82) is 0 Å². The predicted molar refractivity (Wildman–Crippen MR) is 78.5 cm³/mol. The lowest BCUT2D eigenvalue weighted by Gasteiger charge is -2.21. The van der Waals surface area contributed by atoms with Crippen molar-refractivity contribution in [2.75, 3.05) is 13.7 Å². The summed E-state index contributed by atoms with van der Waals surface area (Å²) < 4.78 is 5.49. The summed E-state index contributed by atoms with van der Waals surface area (Å²) in [6.07, 6.45) is 2.20. The maximum absolute atomic E-state index is 5.72. The fourth-order valence-electron chi connectivity index (χ4n) is 2.56. The van der Waals surface area contributed by atoms with Gasteiger partial charge in [0, 0.05) is 0 Å². The third-order valence-corrected chi connectivity index (χ3v) is 3.69. The monoisotopic (exact) mass is 249 g/mol. The zero-order valence-electron chi connectivity index (χ0n) is 12.4. The van der Waals surface area contributed by atoms with Gasteiger partial charge in [0.25, 0.3) is 0 Å². The van der Waals surface area contributed by atoms with Gasteiger partial charge in [-0.15, -0.1) is 0 Å². The van der Waals surface area contributed by atoms with Gasteiger partial charge in [0.15, 0.2) is 0 Å². The van der Waals surface area contributed by atoms with E-state index in [0.717, 1.165) is 25.1 Å². The van der Waals surface area contributed by atoms with Gasteiger partial charge in [0.05, 0.1) is 7.11 Å². The third-order valence-electron chi connectivity index (χ3n) is 3.69. The first kappa shape index (κ1) is 15.0. The van der Waals surface area contributed by atoms with E-state index in [1.807, 2.05) is 0 Å². The summed E-state index contributed by atoms with van der Waals surface area (Å²) in [7, 11) is 1.75. The Labute approximate surface area is 112 Å². The molecule has 1 aromatic carbocycles. The molecule has 0 saturated carbocycles. The molecule has 0 aromatic heterocycles. The zero-order chi connectivity index (χ0) is 13.7. The molecule has 0 radical (unpaired) electrons. The molecule has 1 aromatic rings. The number of hydrogen-bond acceptors (Lipinski definition) is 2. The Kier molecular flexibility index (Phi) is 5.67. The van der Waals surface area contributed by atoms with E-state index >= 15 is 0 Å². The summed E-state index contributed by atoms with van der Waals surface area (Å²) >= 11 is 0. The summed E-state index contributed by atoms with van der Waals surface area (Å²) in [5.41, 5.74) is 9.77. The molecule has 1 unspecified atom stereocenters. The van der Waals surface area contributed by atoms with E-state index in [4.69, 9.17) is 10.5 Å². The van der Waals surface area contributed by atoms with Crippen LogP contribution in [0.15, 0.2) is 12.1 Å². The van der Waals surface area contributed by atoms with Crippen LogP contribution in [0.3, 0.4) is 0 Å². The fraction of sp³-hybridized carbons (Fsp3) is 0.625.